The number of likely N-dealkylation sites (N-methyl/N-ethyl adjacent to an activating group) is 2. The zero-order chi connectivity index (χ0) is 15.3. The Morgan fingerprint density at radius 1 is 1.30 bits per heavy atom. The second-order valence-electron chi connectivity index (χ2n) is 5.29. The number of carbonyl (C=O) groups excluding carboxylic acids is 2. The molecule has 0 spiro atoms. The van der Waals surface area contributed by atoms with Gasteiger partial charge in [-0.1, -0.05) is 0 Å². The van der Waals surface area contributed by atoms with E-state index >= 15 is 0 Å². The summed E-state index contributed by atoms with van der Waals surface area (Å²) in [6.45, 7) is 2.18. The summed E-state index contributed by atoms with van der Waals surface area (Å²) >= 11 is 0. The van der Waals surface area contributed by atoms with Gasteiger partial charge in [0.05, 0.1) is 6.42 Å². The molecule has 0 aliphatic heterocycles. The molecule has 1 fully saturated rings. The van der Waals surface area contributed by atoms with E-state index in [0.29, 0.717) is 6.54 Å². The smallest absolute Gasteiger partial charge is 0.318 e. The van der Waals surface area contributed by atoms with Crippen molar-refractivity contribution in [2.75, 3.05) is 27.2 Å². The average Bonchev–Trinajstić information content (AvgIpc) is 3.17. The van der Waals surface area contributed by atoms with E-state index in [1.807, 2.05) is 0 Å². The van der Waals surface area contributed by atoms with Crippen LogP contribution in [0.3, 0.4) is 0 Å². The van der Waals surface area contributed by atoms with E-state index in [1.165, 1.54) is 9.80 Å². The summed E-state index contributed by atoms with van der Waals surface area (Å²) in [4.78, 5) is 37.4. The Morgan fingerprint density at radius 3 is 2.30 bits per heavy atom. The van der Waals surface area contributed by atoms with Crippen molar-refractivity contribution in [1.82, 2.24) is 15.1 Å². The minimum absolute atomic E-state index is 0.000207. The number of carboxylic acids is 1. The van der Waals surface area contributed by atoms with Gasteiger partial charge in [-0.25, -0.2) is 4.79 Å². The highest BCUT2D eigenvalue weighted by atomic mass is 16.4. The van der Waals surface area contributed by atoms with Crippen LogP contribution in [0.4, 0.5) is 4.79 Å². The molecule has 1 atom stereocenters. The molecule has 20 heavy (non-hydrogen) atoms. The lowest BCUT2D eigenvalue weighted by Crippen LogP contribution is -2.49. The first-order valence-corrected chi connectivity index (χ1v) is 6.82. The van der Waals surface area contributed by atoms with E-state index in [1.54, 1.807) is 21.0 Å². The van der Waals surface area contributed by atoms with Gasteiger partial charge < -0.3 is 20.2 Å². The van der Waals surface area contributed by atoms with Crippen LogP contribution in [0.25, 0.3) is 0 Å². The van der Waals surface area contributed by atoms with E-state index in [2.05, 4.69) is 5.32 Å². The van der Waals surface area contributed by atoms with Gasteiger partial charge in [0.1, 0.15) is 6.54 Å². The first-order valence-electron chi connectivity index (χ1n) is 6.82. The Morgan fingerprint density at radius 2 is 1.90 bits per heavy atom. The zero-order valence-corrected chi connectivity index (χ0v) is 12.3. The maximum absolute atomic E-state index is 12.1. The molecule has 0 aromatic rings. The highest BCUT2D eigenvalue weighted by molar-refractivity contribution is 5.84. The van der Waals surface area contributed by atoms with Crippen LogP contribution in [0.5, 0.6) is 0 Å². The number of nitrogens with zero attached hydrogens (tertiary/aromatic N) is 2. The van der Waals surface area contributed by atoms with Crippen molar-refractivity contribution >= 4 is 17.9 Å². The molecule has 3 amide bonds. The number of hydrogen-bond donors (Lipinski definition) is 2. The summed E-state index contributed by atoms with van der Waals surface area (Å²) in [6.07, 6.45) is 1.82. The molecule has 2 N–H and O–H groups in total. The number of urea groups is 1. The van der Waals surface area contributed by atoms with Crippen LogP contribution in [-0.4, -0.2) is 66.0 Å². The fourth-order valence-electron chi connectivity index (χ4n) is 1.90. The van der Waals surface area contributed by atoms with Gasteiger partial charge in [-0.15, -0.1) is 0 Å². The topological polar surface area (TPSA) is 90.0 Å². The number of aliphatic carboxylic acids is 1. The van der Waals surface area contributed by atoms with Gasteiger partial charge in [0.25, 0.3) is 0 Å². The van der Waals surface area contributed by atoms with Crippen LogP contribution in [0.15, 0.2) is 0 Å². The number of hydrogen-bond acceptors (Lipinski definition) is 3. The lowest BCUT2D eigenvalue weighted by atomic mass is 10.1. The van der Waals surface area contributed by atoms with Crippen molar-refractivity contribution in [2.24, 2.45) is 5.92 Å². The molecule has 1 aliphatic rings. The van der Waals surface area contributed by atoms with E-state index in [9.17, 15) is 14.4 Å². The number of carbonyl (C=O) groups is 3. The summed E-state index contributed by atoms with van der Waals surface area (Å²) in [6, 6.07) is -0.718. The molecule has 114 valence electrons. The Kier molecular flexibility index (Phi) is 5.79. The van der Waals surface area contributed by atoms with E-state index in [0.717, 1.165) is 12.8 Å². The highest BCUT2D eigenvalue weighted by Crippen LogP contribution is 2.34. The third-order valence-electron chi connectivity index (χ3n) is 3.39. The number of amides is 3. The maximum Gasteiger partial charge on any atom is 0.318 e. The van der Waals surface area contributed by atoms with Gasteiger partial charge in [-0.3, -0.25) is 9.59 Å². The van der Waals surface area contributed by atoms with E-state index in [4.69, 9.17) is 5.11 Å². The third kappa shape index (κ3) is 5.07. The van der Waals surface area contributed by atoms with Crippen LogP contribution in [0.1, 0.15) is 26.2 Å². The number of rotatable bonds is 7. The molecule has 0 saturated heterocycles. The quantitative estimate of drug-likeness (QED) is 0.706. The van der Waals surface area contributed by atoms with Crippen molar-refractivity contribution in [3.63, 3.8) is 0 Å². The second kappa shape index (κ2) is 7.12. The van der Waals surface area contributed by atoms with Crippen molar-refractivity contribution in [2.45, 2.75) is 32.2 Å². The molecule has 1 saturated carbocycles. The van der Waals surface area contributed by atoms with Crippen molar-refractivity contribution < 1.29 is 19.5 Å². The predicted octanol–water partition coefficient (Wildman–Crippen LogP) is 0.359. The highest BCUT2D eigenvalue weighted by Gasteiger charge is 2.34. The molecule has 0 bridgehead atoms. The zero-order valence-electron chi connectivity index (χ0n) is 12.3. The second-order valence-corrected chi connectivity index (χ2v) is 5.29. The third-order valence-corrected chi connectivity index (χ3v) is 3.39. The minimum Gasteiger partial charge on any atom is -0.481 e. The van der Waals surface area contributed by atoms with Crippen molar-refractivity contribution in [1.29, 1.82) is 0 Å². The number of nitrogens with one attached hydrogen (secondary N) is 1. The molecule has 1 unspecified atom stereocenters. The Hall–Kier alpha value is -1.79. The first-order chi connectivity index (χ1) is 9.35. The molecule has 7 heteroatoms. The normalized spacial score (nSPS) is 15.3. The molecule has 1 rings (SSSR count). The number of carboxylic acid groups (broad SMARTS) is 1. The van der Waals surface area contributed by atoms with Gasteiger partial charge in [-0.05, 0) is 25.7 Å². The molecule has 0 radical (unpaired) electrons. The van der Waals surface area contributed by atoms with Crippen LogP contribution >= 0.6 is 0 Å². The van der Waals surface area contributed by atoms with E-state index in [-0.39, 0.29) is 36.9 Å². The molecular weight excluding hydrogens is 262 g/mol. The summed E-state index contributed by atoms with van der Waals surface area (Å²) in [5.41, 5.74) is 0. The summed E-state index contributed by atoms with van der Waals surface area (Å²) < 4.78 is 0. The molecule has 7 nitrogen and oxygen atoms in total. The molecular formula is C13H23N3O4. The molecule has 0 heterocycles. The van der Waals surface area contributed by atoms with Gasteiger partial charge in [0.15, 0.2) is 0 Å². The summed E-state index contributed by atoms with van der Waals surface area (Å²) in [5.74, 6) is -0.837. The van der Waals surface area contributed by atoms with Gasteiger partial charge in [0.2, 0.25) is 5.91 Å². The summed E-state index contributed by atoms with van der Waals surface area (Å²) in [7, 11) is 3.26. The fraction of sp³-hybridized carbons (Fsp3) is 0.769. The Bertz CT molecular complexity index is 380. The maximum atomic E-state index is 12.1. The van der Waals surface area contributed by atoms with Crippen LogP contribution < -0.4 is 5.32 Å². The van der Waals surface area contributed by atoms with Crippen molar-refractivity contribution in [3.8, 4) is 0 Å². The first kappa shape index (κ1) is 16.3. The summed E-state index contributed by atoms with van der Waals surface area (Å²) in [5, 5.41) is 11.6. The molecule has 0 aromatic heterocycles. The monoisotopic (exact) mass is 285 g/mol. The molecule has 0 aromatic carbocycles. The van der Waals surface area contributed by atoms with Crippen molar-refractivity contribution in [3.05, 3.63) is 0 Å². The Labute approximate surface area is 118 Å². The minimum atomic E-state index is -0.922. The predicted molar refractivity (Wildman–Crippen MR) is 73.2 cm³/mol. The fourth-order valence-corrected chi connectivity index (χ4v) is 1.90. The van der Waals surface area contributed by atoms with Gasteiger partial charge in [0, 0.05) is 26.7 Å². The average molecular weight is 285 g/mol. The van der Waals surface area contributed by atoms with Gasteiger partial charge in [-0.2, -0.15) is 0 Å². The lowest BCUT2D eigenvalue weighted by molar-refractivity contribution is -0.137. The SMILES string of the molecule is CCN(CC(=O)N(C)C)C(=O)NC(CC(=O)O)C1CC1. The van der Waals surface area contributed by atoms with Crippen LogP contribution in [0, 0.1) is 5.92 Å². The Balaban J connectivity index is 2.56. The standard InChI is InChI=1S/C13H23N3O4/c1-4-16(8-11(17)15(2)3)13(20)14-10(7-12(18)19)9-5-6-9/h9-10H,4-8H2,1-3H3,(H,14,20)(H,18,19). The van der Waals surface area contributed by atoms with Gasteiger partial charge >= 0.3 is 12.0 Å². The largest absolute Gasteiger partial charge is 0.481 e. The lowest BCUT2D eigenvalue weighted by Gasteiger charge is -2.25. The van der Waals surface area contributed by atoms with Crippen LogP contribution in [-0.2, 0) is 9.59 Å². The molecule has 1 aliphatic carbocycles. The van der Waals surface area contributed by atoms with E-state index < -0.39 is 5.97 Å². The van der Waals surface area contributed by atoms with Crippen LogP contribution in [0.2, 0.25) is 0 Å².